The molecule has 0 saturated heterocycles. The van der Waals surface area contributed by atoms with Gasteiger partial charge in [0, 0.05) is 20.5 Å². The zero-order chi connectivity index (χ0) is 10.8. The molecule has 0 atom stereocenters. The lowest BCUT2D eigenvalue weighted by Crippen LogP contribution is -2.20. The Kier molecular flexibility index (Phi) is 8.70. The van der Waals surface area contributed by atoms with Gasteiger partial charge in [0.2, 0.25) is 5.91 Å². The van der Waals surface area contributed by atoms with Crippen LogP contribution in [0.15, 0.2) is 0 Å². The van der Waals surface area contributed by atoms with E-state index in [2.05, 4.69) is 6.92 Å². The third-order valence-corrected chi connectivity index (χ3v) is 2.39. The summed E-state index contributed by atoms with van der Waals surface area (Å²) in [5.74, 6) is 0.253. The molecule has 0 aromatic carbocycles. The maximum atomic E-state index is 11.2. The molecule has 0 aliphatic carbocycles. The highest BCUT2D eigenvalue weighted by atomic mass is 16.2. The molecule has 0 fully saturated rings. The van der Waals surface area contributed by atoms with Crippen LogP contribution in [0, 0.1) is 6.92 Å². The zero-order valence-electron chi connectivity index (χ0n) is 9.72. The van der Waals surface area contributed by atoms with Crippen molar-refractivity contribution in [2.45, 2.75) is 51.4 Å². The van der Waals surface area contributed by atoms with E-state index < -0.39 is 0 Å². The van der Waals surface area contributed by atoms with E-state index in [4.69, 9.17) is 0 Å². The predicted octanol–water partition coefficient (Wildman–Crippen LogP) is 3.03. The lowest BCUT2D eigenvalue weighted by molar-refractivity contribution is -0.128. The molecule has 0 N–H and O–H groups in total. The van der Waals surface area contributed by atoms with Gasteiger partial charge >= 0.3 is 0 Å². The van der Waals surface area contributed by atoms with Crippen LogP contribution in [-0.2, 0) is 4.79 Å². The molecular formula is C12H24NO. The van der Waals surface area contributed by atoms with Crippen LogP contribution < -0.4 is 0 Å². The molecule has 0 aromatic rings. The van der Waals surface area contributed by atoms with E-state index >= 15 is 0 Å². The Balaban J connectivity index is 3.10. The molecule has 0 unspecified atom stereocenters. The number of rotatable bonds is 8. The molecule has 0 rings (SSSR count). The van der Waals surface area contributed by atoms with Crippen LogP contribution in [0.1, 0.15) is 51.4 Å². The van der Waals surface area contributed by atoms with Crippen LogP contribution >= 0.6 is 0 Å². The van der Waals surface area contributed by atoms with E-state index in [0.717, 1.165) is 12.8 Å². The van der Waals surface area contributed by atoms with Crippen molar-refractivity contribution >= 4 is 5.91 Å². The molecular weight excluding hydrogens is 174 g/mol. The number of hydrogen-bond donors (Lipinski definition) is 0. The van der Waals surface area contributed by atoms with Crippen LogP contribution in [0.4, 0.5) is 0 Å². The quantitative estimate of drug-likeness (QED) is 0.549. The average molecular weight is 198 g/mol. The summed E-state index contributed by atoms with van der Waals surface area (Å²) in [7, 11) is 3.63. The van der Waals surface area contributed by atoms with E-state index in [-0.39, 0.29) is 5.91 Å². The molecule has 0 bridgehead atoms. The van der Waals surface area contributed by atoms with Crippen molar-refractivity contribution in [3.8, 4) is 0 Å². The standard InChI is InChI=1S/C12H24NO/c1-4-5-6-7-8-9-10-11-12(14)13(2)3/h1,4-11H2,2-3H3. The Hall–Kier alpha value is -0.530. The molecule has 83 valence electrons. The molecule has 2 heteroatoms. The first-order chi connectivity index (χ1) is 6.68. The summed E-state index contributed by atoms with van der Waals surface area (Å²) < 4.78 is 0. The highest BCUT2D eigenvalue weighted by Crippen LogP contribution is 2.08. The van der Waals surface area contributed by atoms with Gasteiger partial charge in [-0.3, -0.25) is 4.79 Å². The normalized spacial score (nSPS) is 10.2. The maximum Gasteiger partial charge on any atom is 0.222 e. The maximum absolute atomic E-state index is 11.2. The second-order valence-corrected chi connectivity index (χ2v) is 4.01. The number of hydrogen-bond acceptors (Lipinski definition) is 1. The monoisotopic (exact) mass is 198 g/mol. The SMILES string of the molecule is [CH2]CCCCCCCCC(=O)N(C)C. The van der Waals surface area contributed by atoms with Crippen molar-refractivity contribution in [3.05, 3.63) is 6.92 Å². The minimum Gasteiger partial charge on any atom is -0.349 e. The highest BCUT2D eigenvalue weighted by Gasteiger charge is 2.02. The number of nitrogens with zero attached hydrogens (tertiary/aromatic N) is 1. The average Bonchev–Trinajstić information content (AvgIpc) is 2.16. The number of carbonyl (C=O) groups excluding carboxylic acids is 1. The van der Waals surface area contributed by atoms with Gasteiger partial charge in [-0.25, -0.2) is 0 Å². The molecule has 0 heterocycles. The Morgan fingerprint density at radius 1 is 1.00 bits per heavy atom. The van der Waals surface area contributed by atoms with Crippen LogP contribution in [0.3, 0.4) is 0 Å². The molecule has 0 aromatic heterocycles. The topological polar surface area (TPSA) is 20.3 Å². The minimum absolute atomic E-state index is 0.253. The van der Waals surface area contributed by atoms with Gasteiger partial charge in [0.15, 0.2) is 0 Å². The van der Waals surface area contributed by atoms with Crippen LogP contribution in [0.25, 0.3) is 0 Å². The second-order valence-electron chi connectivity index (χ2n) is 4.01. The number of unbranched alkanes of at least 4 members (excludes halogenated alkanes) is 6. The Labute approximate surface area is 88.7 Å². The first-order valence-electron chi connectivity index (χ1n) is 5.68. The summed E-state index contributed by atoms with van der Waals surface area (Å²) in [6, 6.07) is 0. The number of amides is 1. The van der Waals surface area contributed by atoms with E-state index in [1.807, 2.05) is 14.1 Å². The van der Waals surface area contributed by atoms with Gasteiger partial charge in [0.25, 0.3) is 0 Å². The molecule has 2 nitrogen and oxygen atoms in total. The van der Waals surface area contributed by atoms with E-state index in [1.54, 1.807) is 4.90 Å². The molecule has 1 radical (unpaired) electrons. The first kappa shape index (κ1) is 13.5. The molecule has 0 saturated carbocycles. The molecule has 0 spiro atoms. The van der Waals surface area contributed by atoms with Crippen molar-refractivity contribution in [2.75, 3.05) is 14.1 Å². The molecule has 0 aliphatic heterocycles. The third kappa shape index (κ3) is 8.09. The summed E-state index contributed by atoms with van der Waals surface area (Å²) in [5, 5.41) is 0. The predicted molar refractivity (Wildman–Crippen MR) is 61.0 cm³/mol. The summed E-state index contributed by atoms with van der Waals surface area (Å²) in [6.07, 6.45) is 9.10. The lowest BCUT2D eigenvalue weighted by atomic mass is 10.1. The van der Waals surface area contributed by atoms with Gasteiger partial charge in [0.1, 0.15) is 0 Å². The lowest BCUT2D eigenvalue weighted by Gasteiger charge is -2.09. The molecule has 14 heavy (non-hydrogen) atoms. The fourth-order valence-electron chi connectivity index (χ4n) is 1.38. The van der Waals surface area contributed by atoms with Gasteiger partial charge in [-0.15, -0.1) is 0 Å². The smallest absolute Gasteiger partial charge is 0.222 e. The van der Waals surface area contributed by atoms with Crippen LogP contribution in [0.2, 0.25) is 0 Å². The van der Waals surface area contributed by atoms with E-state index in [9.17, 15) is 4.79 Å². The van der Waals surface area contributed by atoms with Crippen molar-refractivity contribution in [1.29, 1.82) is 0 Å². The van der Waals surface area contributed by atoms with Crippen molar-refractivity contribution in [2.24, 2.45) is 0 Å². The van der Waals surface area contributed by atoms with Crippen LogP contribution in [-0.4, -0.2) is 24.9 Å². The molecule has 0 aliphatic rings. The highest BCUT2D eigenvalue weighted by molar-refractivity contribution is 5.75. The fraction of sp³-hybridized carbons (Fsp3) is 0.833. The largest absolute Gasteiger partial charge is 0.349 e. The van der Waals surface area contributed by atoms with Crippen molar-refractivity contribution in [1.82, 2.24) is 4.90 Å². The fourth-order valence-corrected chi connectivity index (χ4v) is 1.38. The van der Waals surface area contributed by atoms with Crippen molar-refractivity contribution in [3.63, 3.8) is 0 Å². The number of carbonyl (C=O) groups is 1. The van der Waals surface area contributed by atoms with Gasteiger partial charge in [-0.05, 0) is 6.42 Å². The van der Waals surface area contributed by atoms with Gasteiger partial charge in [0.05, 0.1) is 0 Å². The minimum atomic E-state index is 0.253. The Bertz CT molecular complexity index is 143. The molecule has 1 amide bonds. The Morgan fingerprint density at radius 2 is 1.50 bits per heavy atom. The summed E-state index contributed by atoms with van der Waals surface area (Å²) in [5.41, 5.74) is 0. The van der Waals surface area contributed by atoms with Gasteiger partial charge < -0.3 is 4.90 Å². The van der Waals surface area contributed by atoms with Crippen LogP contribution in [0.5, 0.6) is 0 Å². The third-order valence-electron chi connectivity index (χ3n) is 2.39. The summed E-state index contributed by atoms with van der Waals surface area (Å²) >= 11 is 0. The summed E-state index contributed by atoms with van der Waals surface area (Å²) in [4.78, 5) is 12.9. The first-order valence-corrected chi connectivity index (χ1v) is 5.68. The van der Waals surface area contributed by atoms with E-state index in [0.29, 0.717) is 6.42 Å². The Morgan fingerprint density at radius 3 is 2.00 bits per heavy atom. The van der Waals surface area contributed by atoms with E-state index in [1.165, 1.54) is 32.1 Å². The summed E-state index contributed by atoms with van der Waals surface area (Å²) in [6.45, 7) is 3.81. The zero-order valence-corrected chi connectivity index (χ0v) is 9.72. The van der Waals surface area contributed by atoms with Crippen molar-refractivity contribution < 1.29 is 4.79 Å². The second kappa shape index (κ2) is 9.04. The van der Waals surface area contributed by atoms with Gasteiger partial charge in [-0.2, -0.15) is 0 Å². The van der Waals surface area contributed by atoms with Gasteiger partial charge in [-0.1, -0.05) is 45.4 Å².